The standard InChI is InChI=1S/C14H14BrFN2/c1-9-7-11(8-17-14(9)15)18-10(2)12-5-3-4-6-13(12)16/h3-8,10,18H,1-2H3. The molecular formula is C14H14BrFN2. The van der Waals surface area contributed by atoms with Gasteiger partial charge in [-0.05, 0) is 47.5 Å². The number of halogens is 2. The molecule has 0 aliphatic heterocycles. The first kappa shape index (κ1) is 13.0. The molecule has 0 amide bonds. The van der Waals surface area contributed by atoms with Crippen LogP contribution in [-0.2, 0) is 0 Å². The van der Waals surface area contributed by atoms with Crippen LogP contribution in [0.15, 0.2) is 41.1 Å². The number of aryl methyl sites for hydroxylation is 1. The summed E-state index contributed by atoms with van der Waals surface area (Å²) in [5.41, 5.74) is 2.57. The van der Waals surface area contributed by atoms with Gasteiger partial charge in [0.25, 0.3) is 0 Å². The molecule has 18 heavy (non-hydrogen) atoms. The van der Waals surface area contributed by atoms with E-state index in [0.717, 1.165) is 15.9 Å². The fourth-order valence-corrected chi connectivity index (χ4v) is 2.01. The molecule has 1 aromatic heterocycles. The van der Waals surface area contributed by atoms with Crippen molar-refractivity contribution in [2.75, 3.05) is 5.32 Å². The van der Waals surface area contributed by atoms with Crippen molar-refractivity contribution in [3.05, 3.63) is 58.1 Å². The van der Waals surface area contributed by atoms with E-state index >= 15 is 0 Å². The number of nitrogens with one attached hydrogen (secondary N) is 1. The Hall–Kier alpha value is -1.42. The van der Waals surface area contributed by atoms with E-state index in [-0.39, 0.29) is 11.9 Å². The van der Waals surface area contributed by atoms with Crippen molar-refractivity contribution in [3.8, 4) is 0 Å². The summed E-state index contributed by atoms with van der Waals surface area (Å²) in [5, 5.41) is 3.24. The lowest BCUT2D eigenvalue weighted by Crippen LogP contribution is -2.08. The molecule has 4 heteroatoms. The number of aromatic nitrogens is 1. The highest BCUT2D eigenvalue weighted by molar-refractivity contribution is 9.10. The van der Waals surface area contributed by atoms with Crippen LogP contribution in [0, 0.1) is 12.7 Å². The van der Waals surface area contributed by atoms with E-state index in [1.807, 2.05) is 26.0 Å². The Balaban J connectivity index is 2.19. The van der Waals surface area contributed by atoms with Gasteiger partial charge in [-0.3, -0.25) is 0 Å². The number of hydrogen-bond acceptors (Lipinski definition) is 2. The number of pyridine rings is 1. The zero-order valence-electron chi connectivity index (χ0n) is 10.2. The normalized spacial score (nSPS) is 12.2. The molecule has 0 saturated carbocycles. The van der Waals surface area contributed by atoms with Gasteiger partial charge in [-0.1, -0.05) is 18.2 Å². The Morgan fingerprint density at radius 1 is 1.33 bits per heavy atom. The fraction of sp³-hybridized carbons (Fsp3) is 0.214. The molecule has 0 bridgehead atoms. The van der Waals surface area contributed by atoms with Crippen LogP contribution in [0.3, 0.4) is 0 Å². The predicted octanol–water partition coefficient (Wildman–Crippen LogP) is 4.46. The maximum absolute atomic E-state index is 13.6. The molecule has 2 nitrogen and oxygen atoms in total. The van der Waals surface area contributed by atoms with Crippen molar-refractivity contribution >= 4 is 21.6 Å². The van der Waals surface area contributed by atoms with E-state index in [9.17, 15) is 4.39 Å². The molecule has 0 radical (unpaired) electrons. The smallest absolute Gasteiger partial charge is 0.128 e. The van der Waals surface area contributed by atoms with Crippen molar-refractivity contribution in [1.29, 1.82) is 0 Å². The van der Waals surface area contributed by atoms with Crippen molar-refractivity contribution in [3.63, 3.8) is 0 Å². The van der Waals surface area contributed by atoms with Crippen LogP contribution in [0.4, 0.5) is 10.1 Å². The van der Waals surface area contributed by atoms with Gasteiger partial charge >= 0.3 is 0 Å². The van der Waals surface area contributed by atoms with Gasteiger partial charge in [0.05, 0.1) is 17.9 Å². The molecule has 1 unspecified atom stereocenters. The minimum absolute atomic E-state index is 0.103. The zero-order valence-corrected chi connectivity index (χ0v) is 11.8. The average molecular weight is 309 g/mol. The molecular weight excluding hydrogens is 295 g/mol. The van der Waals surface area contributed by atoms with E-state index in [0.29, 0.717) is 5.56 Å². The van der Waals surface area contributed by atoms with Crippen molar-refractivity contribution < 1.29 is 4.39 Å². The molecule has 0 aliphatic carbocycles. The van der Waals surface area contributed by atoms with Gasteiger partial charge in [0.2, 0.25) is 0 Å². The predicted molar refractivity (Wildman–Crippen MR) is 75.1 cm³/mol. The number of anilines is 1. The molecule has 94 valence electrons. The first-order chi connectivity index (χ1) is 8.58. The molecule has 1 heterocycles. The summed E-state index contributed by atoms with van der Waals surface area (Å²) < 4.78 is 14.4. The lowest BCUT2D eigenvalue weighted by Gasteiger charge is -2.16. The van der Waals surface area contributed by atoms with E-state index < -0.39 is 0 Å². The summed E-state index contributed by atoms with van der Waals surface area (Å²) in [4.78, 5) is 4.21. The first-order valence-electron chi connectivity index (χ1n) is 5.71. The molecule has 0 aliphatic rings. The van der Waals surface area contributed by atoms with Crippen LogP contribution in [0.5, 0.6) is 0 Å². The van der Waals surface area contributed by atoms with Gasteiger partial charge < -0.3 is 5.32 Å². The van der Waals surface area contributed by atoms with Crippen LogP contribution in [0.25, 0.3) is 0 Å². The quantitative estimate of drug-likeness (QED) is 0.847. The maximum atomic E-state index is 13.6. The molecule has 0 saturated heterocycles. The van der Waals surface area contributed by atoms with Gasteiger partial charge in [0.1, 0.15) is 10.4 Å². The van der Waals surface area contributed by atoms with Crippen LogP contribution in [0.2, 0.25) is 0 Å². The Labute approximate surface area is 114 Å². The topological polar surface area (TPSA) is 24.9 Å². The maximum Gasteiger partial charge on any atom is 0.128 e. The Bertz CT molecular complexity index is 557. The van der Waals surface area contributed by atoms with E-state index in [1.165, 1.54) is 6.07 Å². The Kier molecular flexibility index (Phi) is 3.97. The molecule has 1 atom stereocenters. The minimum Gasteiger partial charge on any atom is -0.377 e. The lowest BCUT2D eigenvalue weighted by atomic mass is 10.1. The van der Waals surface area contributed by atoms with E-state index in [1.54, 1.807) is 18.3 Å². The molecule has 2 aromatic rings. The van der Waals surface area contributed by atoms with Gasteiger partial charge in [-0.25, -0.2) is 9.37 Å². The largest absolute Gasteiger partial charge is 0.377 e. The second-order valence-corrected chi connectivity index (χ2v) is 4.97. The molecule has 2 rings (SSSR count). The van der Waals surface area contributed by atoms with Crippen LogP contribution in [-0.4, -0.2) is 4.98 Å². The molecule has 0 spiro atoms. The highest BCUT2D eigenvalue weighted by Gasteiger charge is 2.10. The molecule has 0 fully saturated rings. The Morgan fingerprint density at radius 3 is 2.72 bits per heavy atom. The molecule has 1 N–H and O–H groups in total. The highest BCUT2D eigenvalue weighted by atomic mass is 79.9. The van der Waals surface area contributed by atoms with Gasteiger partial charge in [-0.15, -0.1) is 0 Å². The number of hydrogen-bond donors (Lipinski definition) is 1. The van der Waals surface area contributed by atoms with Crippen molar-refractivity contribution in [2.45, 2.75) is 19.9 Å². The van der Waals surface area contributed by atoms with Crippen LogP contribution in [0.1, 0.15) is 24.1 Å². The second-order valence-electron chi connectivity index (χ2n) is 4.22. The van der Waals surface area contributed by atoms with Crippen LogP contribution >= 0.6 is 15.9 Å². The SMILES string of the molecule is Cc1cc(NC(C)c2ccccc2F)cnc1Br. The first-order valence-corrected chi connectivity index (χ1v) is 6.50. The second kappa shape index (κ2) is 5.48. The third-order valence-electron chi connectivity index (χ3n) is 2.77. The summed E-state index contributed by atoms with van der Waals surface area (Å²) in [5.74, 6) is -0.195. The highest BCUT2D eigenvalue weighted by Crippen LogP contribution is 2.23. The number of rotatable bonds is 3. The number of benzene rings is 1. The van der Waals surface area contributed by atoms with Gasteiger partial charge in [-0.2, -0.15) is 0 Å². The van der Waals surface area contributed by atoms with Crippen LogP contribution < -0.4 is 5.32 Å². The number of nitrogens with zero attached hydrogens (tertiary/aromatic N) is 1. The third-order valence-corrected chi connectivity index (χ3v) is 3.60. The minimum atomic E-state index is -0.195. The Morgan fingerprint density at radius 2 is 2.06 bits per heavy atom. The van der Waals surface area contributed by atoms with Gasteiger partial charge in [0, 0.05) is 5.56 Å². The monoisotopic (exact) mass is 308 g/mol. The van der Waals surface area contributed by atoms with E-state index in [2.05, 4.69) is 26.2 Å². The molecule has 1 aromatic carbocycles. The third kappa shape index (κ3) is 2.88. The lowest BCUT2D eigenvalue weighted by molar-refractivity contribution is 0.600. The zero-order chi connectivity index (χ0) is 13.1. The fourth-order valence-electron chi connectivity index (χ4n) is 1.79. The summed E-state index contributed by atoms with van der Waals surface area (Å²) in [6, 6.07) is 8.66. The van der Waals surface area contributed by atoms with Gasteiger partial charge in [0.15, 0.2) is 0 Å². The van der Waals surface area contributed by atoms with Crippen molar-refractivity contribution in [1.82, 2.24) is 4.98 Å². The van der Waals surface area contributed by atoms with Crippen molar-refractivity contribution in [2.24, 2.45) is 0 Å². The van der Waals surface area contributed by atoms with E-state index in [4.69, 9.17) is 0 Å². The summed E-state index contributed by atoms with van der Waals surface area (Å²) in [6.45, 7) is 3.89. The average Bonchev–Trinajstić information content (AvgIpc) is 2.34. The summed E-state index contributed by atoms with van der Waals surface area (Å²) in [7, 11) is 0. The summed E-state index contributed by atoms with van der Waals surface area (Å²) >= 11 is 3.35. The summed E-state index contributed by atoms with van der Waals surface area (Å²) in [6.07, 6.45) is 1.73.